The first kappa shape index (κ1) is 17.2. The van der Waals surface area contributed by atoms with Gasteiger partial charge in [-0.1, -0.05) is 24.3 Å². The van der Waals surface area contributed by atoms with Gasteiger partial charge in [0.05, 0.1) is 5.69 Å². The van der Waals surface area contributed by atoms with Gasteiger partial charge >= 0.3 is 5.97 Å². The number of nitrogens with one attached hydrogen (secondary N) is 1. The van der Waals surface area contributed by atoms with E-state index in [1.165, 1.54) is 6.92 Å². The number of rotatable bonds is 4. The highest BCUT2D eigenvalue weighted by Gasteiger charge is 2.22. The molecule has 0 aliphatic heterocycles. The summed E-state index contributed by atoms with van der Waals surface area (Å²) in [6.07, 6.45) is -0.964. The Morgan fingerprint density at radius 1 is 1.16 bits per heavy atom. The molecule has 5 nitrogen and oxygen atoms in total. The summed E-state index contributed by atoms with van der Waals surface area (Å²) in [6.45, 7) is 3.46. The van der Waals surface area contributed by atoms with Crippen LogP contribution in [0.15, 0.2) is 57.4 Å². The molecule has 1 N–H and O–H groups in total. The number of carbonyl (C=O) groups is 2. The van der Waals surface area contributed by atoms with E-state index in [-0.39, 0.29) is 5.76 Å². The number of fused-ring (bicyclic) bond motifs is 1. The summed E-state index contributed by atoms with van der Waals surface area (Å²) in [6, 6.07) is 14.4. The Kier molecular flexibility index (Phi) is 4.90. The van der Waals surface area contributed by atoms with Crippen molar-refractivity contribution in [2.24, 2.45) is 0 Å². The maximum Gasteiger partial charge on any atom is 0.375 e. The fourth-order valence-corrected chi connectivity index (χ4v) is 2.90. The largest absolute Gasteiger partial charge is 0.449 e. The molecule has 25 heavy (non-hydrogen) atoms. The van der Waals surface area contributed by atoms with E-state index < -0.39 is 18.0 Å². The molecule has 1 amide bonds. The fourth-order valence-electron chi connectivity index (χ4n) is 2.31. The molecule has 1 aromatic heterocycles. The average Bonchev–Trinajstić information content (AvgIpc) is 3.01. The molecule has 128 valence electrons. The number of anilines is 1. The highest BCUT2D eigenvalue weighted by Crippen LogP contribution is 2.24. The van der Waals surface area contributed by atoms with E-state index in [4.69, 9.17) is 9.15 Å². The van der Waals surface area contributed by atoms with Crippen LogP contribution in [-0.2, 0) is 9.53 Å². The van der Waals surface area contributed by atoms with Gasteiger partial charge in [0.1, 0.15) is 5.58 Å². The molecule has 0 unspecified atom stereocenters. The van der Waals surface area contributed by atoms with Crippen LogP contribution in [0.4, 0.5) is 5.69 Å². The van der Waals surface area contributed by atoms with Crippen LogP contribution in [0, 0.1) is 6.92 Å². The van der Waals surface area contributed by atoms with Gasteiger partial charge in [0.15, 0.2) is 6.10 Å². The summed E-state index contributed by atoms with van der Waals surface area (Å²) in [4.78, 5) is 24.4. The van der Waals surface area contributed by atoms with Crippen molar-refractivity contribution in [3.05, 3.63) is 64.3 Å². The van der Waals surface area contributed by atoms with E-state index >= 15 is 0 Å². The van der Waals surface area contributed by atoms with Crippen molar-refractivity contribution in [3.8, 4) is 0 Å². The average molecular weight is 402 g/mol. The maximum atomic E-state index is 12.2. The Bertz CT molecular complexity index is 915. The van der Waals surface area contributed by atoms with Crippen molar-refractivity contribution >= 4 is 44.5 Å². The summed E-state index contributed by atoms with van der Waals surface area (Å²) in [7, 11) is 0. The van der Waals surface area contributed by atoms with Gasteiger partial charge in [-0.2, -0.15) is 0 Å². The van der Waals surface area contributed by atoms with Crippen LogP contribution in [-0.4, -0.2) is 18.0 Å². The Hall–Kier alpha value is -2.60. The Labute approximate surface area is 153 Å². The first-order valence-corrected chi connectivity index (χ1v) is 8.50. The van der Waals surface area contributed by atoms with Gasteiger partial charge < -0.3 is 14.5 Å². The number of benzene rings is 2. The van der Waals surface area contributed by atoms with Crippen molar-refractivity contribution in [2.75, 3.05) is 5.32 Å². The van der Waals surface area contributed by atoms with Crippen molar-refractivity contribution in [2.45, 2.75) is 20.0 Å². The minimum Gasteiger partial charge on any atom is -0.449 e. The smallest absolute Gasteiger partial charge is 0.375 e. The van der Waals surface area contributed by atoms with E-state index in [0.717, 1.165) is 15.4 Å². The highest BCUT2D eigenvalue weighted by molar-refractivity contribution is 9.10. The lowest BCUT2D eigenvalue weighted by atomic mass is 10.2. The predicted molar refractivity (Wildman–Crippen MR) is 98.6 cm³/mol. The summed E-state index contributed by atoms with van der Waals surface area (Å²) >= 11 is 3.39. The van der Waals surface area contributed by atoms with Crippen LogP contribution < -0.4 is 5.32 Å². The summed E-state index contributed by atoms with van der Waals surface area (Å²) in [5, 5.41) is 3.53. The zero-order valence-electron chi connectivity index (χ0n) is 13.7. The third-order valence-corrected chi connectivity index (χ3v) is 4.32. The van der Waals surface area contributed by atoms with Crippen LogP contribution in [0.3, 0.4) is 0 Å². The molecule has 1 atom stereocenters. The second-order valence-corrected chi connectivity index (χ2v) is 6.52. The second-order valence-electron chi connectivity index (χ2n) is 5.67. The van der Waals surface area contributed by atoms with Crippen LogP contribution in [0.5, 0.6) is 0 Å². The monoisotopic (exact) mass is 401 g/mol. The summed E-state index contributed by atoms with van der Waals surface area (Å²) < 4.78 is 11.4. The van der Waals surface area contributed by atoms with E-state index in [0.29, 0.717) is 11.3 Å². The lowest BCUT2D eigenvalue weighted by Gasteiger charge is -2.13. The van der Waals surface area contributed by atoms with Gasteiger partial charge in [-0.25, -0.2) is 4.79 Å². The number of aryl methyl sites for hydroxylation is 1. The number of para-hydroxylation sites is 1. The number of hydrogen-bond donors (Lipinski definition) is 1. The lowest BCUT2D eigenvalue weighted by molar-refractivity contribution is -0.123. The minimum atomic E-state index is -0.964. The first-order valence-electron chi connectivity index (χ1n) is 7.70. The Balaban J connectivity index is 1.67. The number of amides is 1. The third-order valence-electron chi connectivity index (χ3n) is 3.66. The van der Waals surface area contributed by atoms with Gasteiger partial charge in [-0.15, -0.1) is 0 Å². The van der Waals surface area contributed by atoms with E-state index in [9.17, 15) is 9.59 Å². The molecule has 0 aliphatic rings. The second kappa shape index (κ2) is 7.11. The number of ether oxygens (including phenoxy) is 1. The van der Waals surface area contributed by atoms with Crippen LogP contribution >= 0.6 is 15.9 Å². The van der Waals surface area contributed by atoms with Crippen molar-refractivity contribution in [3.63, 3.8) is 0 Å². The van der Waals surface area contributed by atoms with E-state index in [2.05, 4.69) is 21.2 Å². The number of hydrogen-bond acceptors (Lipinski definition) is 4. The molecule has 0 saturated carbocycles. The van der Waals surface area contributed by atoms with Gasteiger partial charge in [0, 0.05) is 9.86 Å². The molecule has 2 aromatic carbocycles. The molecule has 0 saturated heterocycles. The molecule has 0 bridgehead atoms. The van der Waals surface area contributed by atoms with Gasteiger partial charge in [0.2, 0.25) is 5.76 Å². The molecular weight excluding hydrogens is 386 g/mol. The number of esters is 1. The maximum absolute atomic E-state index is 12.2. The number of carbonyl (C=O) groups excluding carboxylic acids is 2. The number of halogens is 1. The molecule has 0 radical (unpaired) electrons. The minimum absolute atomic E-state index is 0.0670. The van der Waals surface area contributed by atoms with Crippen molar-refractivity contribution in [1.82, 2.24) is 0 Å². The van der Waals surface area contributed by atoms with Crippen molar-refractivity contribution < 1.29 is 18.7 Å². The quantitative estimate of drug-likeness (QED) is 0.643. The molecule has 0 aliphatic carbocycles. The van der Waals surface area contributed by atoms with Gasteiger partial charge in [-0.05, 0) is 59.6 Å². The number of furan rings is 1. The zero-order valence-corrected chi connectivity index (χ0v) is 15.3. The molecule has 6 heteroatoms. The van der Waals surface area contributed by atoms with Crippen LogP contribution in [0.1, 0.15) is 23.0 Å². The molecular formula is C19H16BrNO4. The van der Waals surface area contributed by atoms with Crippen LogP contribution in [0.2, 0.25) is 0 Å². The SMILES string of the molecule is Cc1ccc(NC(=O)[C@H](C)OC(=O)c2cc3ccccc3o2)c(Br)c1. The molecule has 3 rings (SSSR count). The first-order chi connectivity index (χ1) is 11.9. The highest BCUT2D eigenvalue weighted by atomic mass is 79.9. The molecule has 3 aromatic rings. The van der Waals surface area contributed by atoms with Crippen molar-refractivity contribution in [1.29, 1.82) is 0 Å². The van der Waals surface area contributed by atoms with Crippen LogP contribution in [0.25, 0.3) is 11.0 Å². The zero-order chi connectivity index (χ0) is 18.0. The molecule has 1 heterocycles. The Morgan fingerprint density at radius 2 is 1.92 bits per heavy atom. The standard InChI is InChI=1S/C19H16BrNO4/c1-11-7-8-15(14(20)9-11)21-18(22)12(2)24-19(23)17-10-13-5-3-4-6-16(13)25-17/h3-10,12H,1-2H3,(H,21,22)/t12-/m0/s1. The molecule has 0 fully saturated rings. The van der Waals surface area contributed by atoms with E-state index in [1.807, 2.05) is 37.3 Å². The van der Waals surface area contributed by atoms with Gasteiger partial charge in [0.25, 0.3) is 5.91 Å². The lowest BCUT2D eigenvalue weighted by Crippen LogP contribution is -2.30. The predicted octanol–water partition coefficient (Wildman–Crippen LogP) is 4.69. The topological polar surface area (TPSA) is 68.5 Å². The Morgan fingerprint density at radius 3 is 2.64 bits per heavy atom. The van der Waals surface area contributed by atoms with E-state index in [1.54, 1.807) is 18.2 Å². The summed E-state index contributed by atoms with van der Waals surface area (Å²) in [5.41, 5.74) is 2.27. The summed E-state index contributed by atoms with van der Waals surface area (Å²) in [5.74, 6) is -1.03. The third kappa shape index (κ3) is 3.91. The fraction of sp³-hybridized carbons (Fsp3) is 0.158. The normalized spacial score (nSPS) is 12.0. The van der Waals surface area contributed by atoms with Gasteiger partial charge in [-0.3, -0.25) is 4.79 Å². The molecule has 0 spiro atoms.